The van der Waals surface area contributed by atoms with Crippen LogP contribution in [-0.4, -0.2) is 5.91 Å². The topological polar surface area (TPSA) is 43.1 Å². The van der Waals surface area contributed by atoms with E-state index >= 15 is 0 Å². The molecule has 102 valence electrons. The summed E-state index contributed by atoms with van der Waals surface area (Å²) < 4.78 is 0. The van der Waals surface area contributed by atoms with Gasteiger partial charge in [-0.2, -0.15) is 0 Å². The summed E-state index contributed by atoms with van der Waals surface area (Å²) in [6.45, 7) is 0. The molecule has 0 unspecified atom stereocenters. The van der Waals surface area contributed by atoms with Crippen LogP contribution in [-0.2, 0) is 4.79 Å². The van der Waals surface area contributed by atoms with Gasteiger partial charge in [0.15, 0.2) is 0 Å². The van der Waals surface area contributed by atoms with Crippen molar-refractivity contribution in [2.75, 3.05) is 0 Å². The number of hydrogen-bond acceptors (Lipinski definition) is 1. The number of nitrogens with two attached hydrogens (primary N) is 1. The summed E-state index contributed by atoms with van der Waals surface area (Å²) in [5.41, 5.74) is 8.36. The van der Waals surface area contributed by atoms with Crippen molar-refractivity contribution in [1.29, 1.82) is 0 Å². The first kappa shape index (κ1) is 13.1. The number of amides is 1. The maximum absolute atomic E-state index is 10.8. The van der Waals surface area contributed by atoms with Gasteiger partial charge in [-0.3, -0.25) is 4.79 Å². The van der Waals surface area contributed by atoms with Gasteiger partial charge in [-0.25, -0.2) is 0 Å². The number of hydrogen-bond donors (Lipinski definition) is 1. The third-order valence-electron chi connectivity index (χ3n) is 3.41. The van der Waals surface area contributed by atoms with Crippen LogP contribution in [0.2, 0.25) is 0 Å². The number of rotatable bonds is 3. The van der Waals surface area contributed by atoms with Crippen molar-refractivity contribution in [2.24, 2.45) is 5.73 Å². The molecular formula is C19H15NO. The minimum absolute atomic E-state index is 0.439. The van der Waals surface area contributed by atoms with Gasteiger partial charge < -0.3 is 5.73 Å². The molecule has 0 saturated carbocycles. The van der Waals surface area contributed by atoms with Crippen LogP contribution < -0.4 is 5.73 Å². The molecule has 1 amide bonds. The zero-order chi connectivity index (χ0) is 14.7. The zero-order valence-corrected chi connectivity index (χ0v) is 11.5. The van der Waals surface area contributed by atoms with E-state index in [0.29, 0.717) is 0 Å². The number of carbonyl (C=O) groups is 1. The second-order valence-corrected chi connectivity index (χ2v) is 4.92. The van der Waals surface area contributed by atoms with Crippen LogP contribution in [0.1, 0.15) is 5.56 Å². The Morgan fingerprint density at radius 1 is 0.810 bits per heavy atom. The molecule has 0 spiro atoms. The highest BCUT2D eigenvalue weighted by Crippen LogP contribution is 2.25. The van der Waals surface area contributed by atoms with Gasteiger partial charge in [0.1, 0.15) is 0 Å². The summed E-state index contributed by atoms with van der Waals surface area (Å²) in [5, 5.41) is 2.44. The van der Waals surface area contributed by atoms with Crippen LogP contribution in [0.3, 0.4) is 0 Å². The summed E-state index contributed by atoms with van der Waals surface area (Å²) in [7, 11) is 0. The molecule has 3 rings (SSSR count). The molecule has 2 nitrogen and oxygen atoms in total. The van der Waals surface area contributed by atoms with Gasteiger partial charge in [-0.1, -0.05) is 54.6 Å². The van der Waals surface area contributed by atoms with Crippen molar-refractivity contribution in [3.05, 3.63) is 78.4 Å². The summed E-state index contributed by atoms with van der Waals surface area (Å²) in [4.78, 5) is 10.8. The Morgan fingerprint density at radius 3 is 2.38 bits per heavy atom. The largest absolute Gasteiger partial charge is 0.366 e. The number of carbonyl (C=O) groups excluding carboxylic acids is 1. The van der Waals surface area contributed by atoms with Gasteiger partial charge in [0.25, 0.3) is 0 Å². The standard InChI is InChI=1S/C19H15NO/c20-19(21)11-8-14-4-3-7-16(12-14)18-10-9-15-5-1-2-6-17(15)13-18/h1-13H,(H2,20,21)/b11-8-. The molecule has 0 saturated heterocycles. The van der Waals surface area contributed by atoms with Crippen LogP contribution in [0.15, 0.2) is 72.8 Å². The molecule has 0 aromatic heterocycles. The van der Waals surface area contributed by atoms with Crippen LogP contribution in [0, 0.1) is 0 Å². The Balaban J connectivity index is 2.02. The van der Waals surface area contributed by atoms with E-state index in [0.717, 1.165) is 16.7 Å². The number of primary amides is 1. The lowest BCUT2D eigenvalue weighted by Crippen LogP contribution is -2.05. The monoisotopic (exact) mass is 273 g/mol. The molecule has 0 aliphatic heterocycles. The summed E-state index contributed by atoms with van der Waals surface area (Å²) in [6.07, 6.45) is 3.10. The van der Waals surface area contributed by atoms with Crippen LogP contribution in [0.5, 0.6) is 0 Å². The Kier molecular flexibility index (Phi) is 3.52. The fourth-order valence-corrected chi connectivity index (χ4v) is 2.37. The molecule has 3 aromatic carbocycles. The average molecular weight is 273 g/mol. The van der Waals surface area contributed by atoms with Crippen molar-refractivity contribution in [3.8, 4) is 11.1 Å². The molecule has 0 atom stereocenters. The highest BCUT2D eigenvalue weighted by Gasteiger charge is 2.00. The Hall–Kier alpha value is -2.87. The second-order valence-electron chi connectivity index (χ2n) is 4.92. The molecule has 0 aliphatic carbocycles. The summed E-state index contributed by atoms with van der Waals surface area (Å²) in [5.74, 6) is -0.439. The van der Waals surface area contributed by atoms with Crippen molar-refractivity contribution in [1.82, 2.24) is 0 Å². The molecule has 21 heavy (non-hydrogen) atoms. The van der Waals surface area contributed by atoms with E-state index in [1.807, 2.05) is 30.3 Å². The van der Waals surface area contributed by atoms with Gasteiger partial charge in [0.05, 0.1) is 0 Å². The Labute approximate surface area is 123 Å². The number of fused-ring (bicyclic) bond motifs is 1. The van der Waals surface area contributed by atoms with E-state index in [1.54, 1.807) is 6.08 Å². The zero-order valence-electron chi connectivity index (χ0n) is 11.5. The number of benzene rings is 3. The van der Waals surface area contributed by atoms with Crippen molar-refractivity contribution in [3.63, 3.8) is 0 Å². The van der Waals surface area contributed by atoms with Crippen molar-refractivity contribution < 1.29 is 4.79 Å². The van der Waals surface area contributed by atoms with Crippen LogP contribution in [0.4, 0.5) is 0 Å². The smallest absolute Gasteiger partial charge is 0.241 e. The van der Waals surface area contributed by atoms with Crippen LogP contribution in [0.25, 0.3) is 28.0 Å². The van der Waals surface area contributed by atoms with Crippen LogP contribution >= 0.6 is 0 Å². The van der Waals surface area contributed by atoms with E-state index in [1.165, 1.54) is 16.8 Å². The third kappa shape index (κ3) is 3.00. The van der Waals surface area contributed by atoms with E-state index < -0.39 is 5.91 Å². The SMILES string of the molecule is NC(=O)/C=C\c1cccc(-c2ccc3ccccc3c2)c1. The van der Waals surface area contributed by atoms with E-state index in [2.05, 4.69) is 36.4 Å². The van der Waals surface area contributed by atoms with Gasteiger partial charge in [-0.05, 0) is 45.7 Å². The highest BCUT2D eigenvalue weighted by atomic mass is 16.1. The molecule has 2 heteroatoms. The normalized spacial score (nSPS) is 11.0. The fraction of sp³-hybridized carbons (Fsp3) is 0. The third-order valence-corrected chi connectivity index (χ3v) is 3.41. The lowest BCUT2D eigenvalue weighted by Gasteiger charge is -2.05. The summed E-state index contributed by atoms with van der Waals surface area (Å²) in [6, 6.07) is 22.7. The first-order chi connectivity index (χ1) is 10.2. The van der Waals surface area contributed by atoms with Gasteiger partial charge in [0, 0.05) is 6.08 Å². The first-order valence-electron chi connectivity index (χ1n) is 6.79. The maximum atomic E-state index is 10.8. The van der Waals surface area contributed by atoms with E-state index in [-0.39, 0.29) is 0 Å². The first-order valence-corrected chi connectivity index (χ1v) is 6.79. The van der Waals surface area contributed by atoms with Gasteiger partial charge >= 0.3 is 0 Å². The molecule has 0 heterocycles. The molecule has 3 aromatic rings. The Morgan fingerprint density at radius 2 is 1.57 bits per heavy atom. The molecule has 0 bridgehead atoms. The lowest BCUT2D eigenvalue weighted by molar-refractivity contribution is -0.113. The fourth-order valence-electron chi connectivity index (χ4n) is 2.37. The minimum atomic E-state index is -0.439. The Bertz CT molecular complexity index is 834. The molecule has 0 aliphatic rings. The highest BCUT2D eigenvalue weighted by molar-refractivity contribution is 5.91. The molecule has 2 N–H and O–H groups in total. The minimum Gasteiger partial charge on any atom is -0.366 e. The quantitative estimate of drug-likeness (QED) is 0.720. The van der Waals surface area contributed by atoms with E-state index in [4.69, 9.17) is 5.73 Å². The average Bonchev–Trinajstić information content (AvgIpc) is 2.53. The lowest BCUT2D eigenvalue weighted by atomic mass is 9.99. The molecule has 0 fully saturated rings. The predicted molar refractivity (Wildman–Crippen MR) is 87.6 cm³/mol. The second kappa shape index (κ2) is 5.63. The van der Waals surface area contributed by atoms with E-state index in [9.17, 15) is 4.79 Å². The molecule has 0 radical (unpaired) electrons. The van der Waals surface area contributed by atoms with Gasteiger partial charge in [-0.15, -0.1) is 0 Å². The van der Waals surface area contributed by atoms with Crippen molar-refractivity contribution >= 4 is 22.8 Å². The molecular weight excluding hydrogens is 258 g/mol. The van der Waals surface area contributed by atoms with Crippen molar-refractivity contribution in [2.45, 2.75) is 0 Å². The predicted octanol–water partition coefficient (Wildman–Crippen LogP) is 4.01. The summed E-state index contributed by atoms with van der Waals surface area (Å²) >= 11 is 0. The van der Waals surface area contributed by atoms with Gasteiger partial charge in [0.2, 0.25) is 5.91 Å². The maximum Gasteiger partial charge on any atom is 0.241 e.